The Bertz CT molecular complexity index is 605. The van der Waals surface area contributed by atoms with Crippen molar-refractivity contribution in [3.8, 4) is 5.75 Å². The van der Waals surface area contributed by atoms with Crippen molar-refractivity contribution < 1.29 is 29.1 Å². The Morgan fingerprint density at radius 2 is 2.26 bits per heavy atom. The van der Waals surface area contributed by atoms with Crippen LogP contribution in [0.5, 0.6) is 5.75 Å². The number of hydrogen-bond donors (Lipinski definition) is 1. The predicted molar refractivity (Wildman–Crippen MR) is 77.2 cm³/mol. The molecule has 1 N–H and O–H groups in total. The van der Waals surface area contributed by atoms with Gasteiger partial charge in [-0.15, -0.1) is 0 Å². The predicted octanol–water partition coefficient (Wildman–Crippen LogP) is 0.676. The smallest absolute Gasteiger partial charge is 0.305 e. The first-order chi connectivity index (χ1) is 11.0. The highest BCUT2D eigenvalue weighted by molar-refractivity contribution is 5.79. The molecular formula is C14H16N2O7. The summed E-state index contributed by atoms with van der Waals surface area (Å²) >= 11 is 0. The largest absolute Gasteiger partial charge is 0.484 e. The quantitative estimate of drug-likeness (QED) is 0.603. The number of carbonyl (C=O) groups is 2. The summed E-state index contributed by atoms with van der Waals surface area (Å²) in [5.74, 6) is -1.19. The molecule has 0 bridgehead atoms. The zero-order valence-electron chi connectivity index (χ0n) is 12.2. The minimum absolute atomic E-state index is 0.134. The van der Waals surface area contributed by atoms with Crippen LogP contribution in [0.15, 0.2) is 24.3 Å². The zero-order chi connectivity index (χ0) is 16.8. The van der Waals surface area contributed by atoms with Gasteiger partial charge in [-0.3, -0.25) is 19.7 Å². The maximum absolute atomic E-state index is 12.2. The molecule has 0 aliphatic carbocycles. The van der Waals surface area contributed by atoms with E-state index in [9.17, 15) is 19.7 Å². The van der Waals surface area contributed by atoms with E-state index in [0.29, 0.717) is 6.61 Å². The minimum atomic E-state index is -1.02. The molecule has 0 spiro atoms. The average molecular weight is 324 g/mol. The third kappa shape index (κ3) is 4.65. The Morgan fingerprint density at radius 3 is 2.96 bits per heavy atom. The SMILES string of the molecule is O=C(O)CC1COCCN1C(=O)COc1cccc([N+](=O)[O-])c1. The van der Waals surface area contributed by atoms with Gasteiger partial charge in [-0.2, -0.15) is 0 Å². The van der Waals surface area contributed by atoms with Gasteiger partial charge in [0, 0.05) is 12.6 Å². The fraction of sp³-hybridized carbons (Fsp3) is 0.429. The maximum Gasteiger partial charge on any atom is 0.305 e. The number of morpholine rings is 1. The van der Waals surface area contributed by atoms with Crippen molar-refractivity contribution in [2.45, 2.75) is 12.5 Å². The molecular weight excluding hydrogens is 308 g/mol. The minimum Gasteiger partial charge on any atom is -0.484 e. The number of non-ortho nitro benzene ring substituents is 1. The normalized spacial score (nSPS) is 17.6. The Hall–Kier alpha value is -2.68. The molecule has 1 unspecified atom stereocenters. The Kier molecular flexibility index (Phi) is 5.47. The second kappa shape index (κ2) is 7.54. The summed E-state index contributed by atoms with van der Waals surface area (Å²) in [5, 5.41) is 19.6. The highest BCUT2D eigenvalue weighted by Gasteiger charge is 2.29. The zero-order valence-corrected chi connectivity index (χ0v) is 12.2. The molecule has 0 radical (unpaired) electrons. The average Bonchev–Trinajstić information content (AvgIpc) is 2.53. The third-order valence-electron chi connectivity index (χ3n) is 3.35. The molecule has 1 aliphatic rings. The Balaban J connectivity index is 1.96. The topological polar surface area (TPSA) is 119 Å². The highest BCUT2D eigenvalue weighted by Crippen LogP contribution is 2.19. The number of benzene rings is 1. The van der Waals surface area contributed by atoms with E-state index >= 15 is 0 Å². The third-order valence-corrected chi connectivity index (χ3v) is 3.35. The molecule has 1 amide bonds. The molecule has 1 saturated heterocycles. The van der Waals surface area contributed by atoms with Gasteiger partial charge >= 0.3 is 5.97 Å². The van der Waals surface area contributed by atoms with Crippen molar-refractivity contribution in [2.24, 2.45) is 0 Å². The van der Waals surface area contributed by atoms with Gasteiger partial charge in [0.05, 0.1) is 36.7 Å². The second-order valence-electron chi connectivity index (χ2n) is 4.96. The highest BCUT2D eigenvalue weighted by atomic mass is 16.6. The summed E-state index contributed by atoms with van der Waals surface area (Å²) < 4.78 is 10.5. The van der Waals surface area contributed by atoms with E-state index in [0.717, 1.165) is 0 Å². The lowest BCUT2D eigenvalue weighted by Gasteiger charge is -2.34. The summed E-state index contributed by atoms with van der Waals surface area (Å²) in [6.07, 6.45) is -0.206. The number of nitro groups is 1. The number of carboxylic acids is 1. The number of hydrogen-bond acceptors (Lipinski definition) is 6. The van der Waals surface area contributed by atoms with Gasteiger partial charge in [-0.25, -0.2) is 0 Å². The fourth-order valence-corrected chi connectivity index (χ4v) is 2.27. The Labute approximate surface area is 131 Å². The van der Waals surface area contributed by atoms with E-state index in [2.05, 4.69) is 0 Å². The fourth-order valence-electron chi connectivity index (χ4n) is 2.27. The number of carboxylic acid groups (broad SMARTS) is 1. The van der Waals surface area contributed by atoms with Crippen LogP contribution in [-0.2, 0) is 14.3 Å². The van der Waals surface area contributed by atoms with E-state index in [1.807, 2.05) is 0 Å². The first-order valence-corrected chi connectivity index (χ1v) is 6.93. The summed E-state index contributed by atoms with van der Waals surface area (Å²) in [7, 11) is 0. The molecule has 1 aromatic rings. The van der Waals surface area contributed by atoms with Crippen LogP contribution in [0.1, 0.15) is 6.42 Å². The molecule has 1 aliphatic heterocycles. The van der Waals surface area contributed by atoms with E-state index in [1.165, 1.54) is 29.2 Å². The molecule has 9 heteroatoms. The van der Waals surface area contributed by atoms with Gasteiger partial charge in [0.1, 0.15) is 5.75 Å². The number of nitro benzene ring substituents is 1. The van der Waals surface area contributed by atoms with Crippen molar-refractivity contribution in [2.75, 3.05) is 26.4 Å². The monoisotopic (exact) mass is 324 g/mol. The molecule has 9 nitrogen and oxygen atoms in total. The lowest BCUT2D eigenvalue weighted by molar-refractivity contribution is -0.384. The van der Waals surface area contributed by atoms with Crippen LogP contribution < -0.4 is 4.74 Å². The number of nitrogens with zero attached hydrogens (tertiary/aromatic N) is 2. The first kappa shape index (κ1) is 16.7. The summed E-state index contributed by atoms with van der Waals surface area (Å²) in [5.41, 5.74) is -0.134. The molecule has 23 heavy (non-hydrogen) atoms. The van der Waals surface area contributed by atoms with Gasteiger partial charge in [0.2, 0.25) is 0 Å². The maximum atomic E-state index is 12.2. The molecule has 124 valence electrons. The van der Waals surface area contributed by atoms with Gasteiger partial charge < -0.3 is 19.5 Å². The molecule has 0 saturated carbocycles. The molecule has 1 atom stereocenters. The van der Waals surface area contributed by atoms with E-state index in [-0.39, 0.29) is 43.5 Å². The molecule has 2 rings (SSSR count). The number of carbonyl (C=O) groups excluding carboxylic acids is 1. The van der Waals surface area contributed by atoms with E-state index in [1.54, 1.807) is 0 Å². The number of rotatable bonds is 6. The van der Waals surface area contributed by atoms with Crippen molar-refractivity contribution in [3.63, 3.8) is 0 Å². The van der Waals surface area contributed by atoms with Crippen LogP contribution in [0.4, 0.5) is 5.69 Å². The van der Waals surface area contributed by atoms with Crippen LogP contribution in [-0.4, -0.2) is 59.2 Å². The second-order valence-corrected chi connectivity index (χ2v) is 4.96. The number of aliphatic carboxylic acids is 1. The number of ether oxygens (including phenoxy) is 2. The standard InChI is InChI=1S/C14H16N2O7/c17-13(15-4-5-22-8-11(15)7-14(18)19)9-23-12-3-1-2-10(6-12)16(20)21/h1-3,6,11H,4-5,7-9H2,(H,18,19). The summed E-state index contributed by atoms with van der Waals surface area (Å²) in [6.45, 7) is 0.458. The van der Waals surface area contributed by atoms with Gasteiger partial charge in [0.25, 0.3) is 11.6 Å². The number of amides is 1. The van der Waals surface area contributed by atoms with Crippen LogP contribution >= 0.6 is 0 Å². The molecule has 1 heterocycles. The Morgan fingerprint density at radius 1 is 1.48 bits per heavy atom. The van der Waals surface area contributed by atoms with Crippen molar-refractivity contribution >= 4 is 17.6 Å². The van der Waals surface area contributed by atoms with Crippen LogP contribution in [0, 0.1) is 10.1 Å². The lowest BCUT2D eigenvalue weighted by Crippen LogP contribution is -2.51. The molecule has 1 fully saturated rings. The van der Waals surface area contributed by atoms with Gasteiger partial charge in [-0.05, 0) is 6.07 Å². The van der Waals surface area contributed by atoms with Crippen molar-refractivity contribution in [1.82, 2.24) is 4.90 Å². The van der Waals surface area contributed by atoms with Gasteiger partial charge in [0.15, 0.2) is 6.61 Å². The van der Waals surface area contributed by atoms with Crippen LogP contribution in [0.25, 0.3) is 0 Å². The van der Waals surface area contributed by atoms with Crippen molar-refractivity contribution in [3.05, 3.63) is 34.4 Å². The van der Waals surface area contributed by atoms with Crippen LogP contribution in [0.2, 0.25) is 0 Å². The summed E-state index contributed by atoms with van der Waals surface area (Å²) in [6, 6.07) is 4.97. The van der Waals surface area contributed by atoms with E-state index < -0.39 is 16.9 Å². The molecule has 1 aromatic carbocycles. The van der Waals surface area contributed by atoms with Gasteiger partial charge in [-0.1, -0.05) is 6.07 Å². The first-order valence-electron chi connectivity index (χ1n) is 6.93. The lowest BCUT2D eigenvalue weighted by atomic mass is 10.1. The molecule has 0 aromatic heterocycles. The van der Waals surface area contributed by atoms with E-state index in [4.69, 9.17) is 14.6 Å². The van der Waals surface area contributed by atoms with Crippen molar-refractivity contribution in [1.29, 1.82) is 0 Å². The summed E-state index contributed by atoms with van der Waals surface area (Å²) in [4.78, 5) is 34.6. The van der Waals surface area contributed by atoms with Crippen LogP contribution in [0.3, 0.4) is 0 Å².